The van der Waals surface area contributed by atoms with Gasteiger partial charge in [-0.25, -0.2) is 0 Å². The smallest absolute Gasteiger partial charge is 0.398 e. The van der Waals surface area contributed by atoms with Crippen LogP contribution in [0.15, 0.2) is 28.7 Å². The zero-order valence-corrected chi connectivity index (χ0v) is 9.43. The third-order valence-corrected chi connectivity index (χ3v) is 2.52. The summed E-state index contributed by atoms with van der Waals surface area (Å²) in [6.45, 7) is 0. The lowest BCUT2D eigenvalue weighted by Crippen LogP contribution is -2.07. The molecule has 0 aliphatic heterocycles. The number of hydrogen-bond donors (Lipinski definition) is 1. The molecule has 6 heteroatoms. The number of benzene rings is 1. The minimum atomic E-state index is -4.46. The highest BCUT2D eigenvalue weighted by molar-refractivity contribution is 9.10. The van der Waals surface area contributed by atoms with Gasteiger partial charge in [-0.15, -0.1) is 0 Å². The van der Waals surface area contributed by atoms with Crippen LogP contribution in [0.3, 0.4) is 0 Å². The van der Waals surface area contributed by atoms with Gasteiger partial charge in [0.2, 0.25) is 0 Å². The first-order chi connectivity index (χ1) is 7.36. The highest BCUT2D eigenvalue weighted by atomic mass is 79.9. The molecule has 0 bridgehead atoms. The fourth-order valence-electron chi connectivity index (χ4n) is 1.07. The second-order valence-corrected chi connectivity index (χ2v) is 3.78. The lowest BCUT2D eigenvalue weighted by Gasteiger charge is -2.10. The average molecular weight is 291 g/mol. The maximum absolute atomic E-state index is 12.5. The Morgan fingerprint density at radius 3 is 2.56 bits per heavy atom. The van der Waals surface area contributed by atoms with Crippen molar-refractivity contribution < 1.29 is 13.2 Å². The largest absolute Gasteiger partial charge is 0.417 e. The molecule has 1 rings (SSSR count). The van der Waals surface area contributed by atoms with Crippen molar-refractivity contribution in [2.45, 2.75) is 6.18 Å². The number of nitrogens with two attached hydrogens (primary N) is 1. The van der Waals surface area contributed by atoms with Gasteiger partial charge in [0.25, 0.3) is 0 Å². The molecule has 0 unspecified atom stereocenters. The van der Waals surface area contributed by atoms with Crippen LogP contribution in [0.2, 0.25) is 0 Å². The number of nitriles is 1. The van der Waals surface area contributed by atoms with Gasteiger partial charge >= 0.3 is 6.18 Å². The van der Waals surface area contributed by atoms with Crippen LogP contribution in [-0.4, -0.2) is 0 Å². The predicted octanol–water partition coefficient (Wildman–Crippen LogP) is 3.29. The van der Waals surface area contributed by atoms with E-state index in [1.54, 1.807) is 6.07 Å². The average Bonchev–Trinajstić information content (AvgIpc) is 2.16. The van der Waals surface area contributed by atoms with Crippen LogP contribution in [-0.2, 0) is 6.18 Å². The summed E-state index contributed by atoms with van der Waals surface area (Å²) in [5.74, 6) is 0. The van der Waals surface area contributed by atoms with Crippen LogP contribution < -0.4 is 5.73 Å². The molecule has 0 amide bonds. The maximum atomic E-state index is 12.5. The Morgan fingerprint density at radius 1 is 1.44 bits per heavy atom. The van der Waals surface area contributed by atoms with Gasteiger partial charge in [0.05, 0.1) is 11.6 Å². The lowest BCUT2D eigenvalue weighted by molar-refractivity contribution is -0.138. The first-order valence-corrected chi connectivity index (χ1v) is 4.88. The molecule has 0 saturated carbocycles. The lowest BCUT2D eigenvalue weighted by atomic mass is 10.1. The molecule has 1 aromatic rings. The highest BCUT2D eigenvalue weighted by Gasteiger charge is 2.33. The summed E-state index contributed by atoms with van der Waals surface area (Å²) in [5, 5.41) is 8.34. The summed E-state index contributed by atoms with van der Waals surface area (Å²) in [4.78, 5) is 0. The molecule has 0 spiro atoms. The summed E-state index contributed by atoms with van der Waals surface area (Å²) >= 11 is 2.81. The third-order valence-electron chi connectivity index (χ3n) is 1.83. The zero-order valence-electron chi connectivity index (χ0n) is 7.85. The number of hydrogen-bond acceptors (Lipinski definition) is 2. The van der Waals surface area contributed by atoms with E-state index in [0.29, 0.717) is 0 Å². The van der Waals surface area contributed by atoms with E-state index in [1.807, 2.05) is 0 Å². The third kappa shape index (κ3) is 2.76. The second-order valence-electron chi connectivity index (χ2n) is 2.92. The Morgan fingerprint density at radius 2 is 2.06 bits per heavy atom. The normalized spacial score (nSPS) is 12.3. The van der Waals surface area contributed by atoms with Crippen LogP contribution in [0.4, 0.5) is 13.2 Å². The van der Waals surface area contributed by atoms with E-state index >= 15 is 0 Å². The van der Waals surface area contributed by atoms with Gasteiger partial charge in [-0.1, -0.05) is 22.0 Å². The fourth-order valence-corrected chi connectivity index (χ4v) is 1.55. The van der Waals surface area contributed by atoms with Gasteiger partial charge in [-0.3, -0.25) is 0 Å². The fraction of sp³-hybridized carbons (Fsp3) is 0.100. The summed E-state index contributed by atoms with van der Waals surface area (Å²) in [6.07, 6.45) is -3.47. The Kier molecular flexibility index (Phi) is 3.60. The van der Waals surface area contributed by atoms with Gasteiger partial charge < -0.3 is 5.73 Å². The van der Waals surface area contributed by atoms with Crippen molar-refractivity contribution in [1.29, 1.82) is 5.26 Å². The molecule has 0 saturated heterocycles. The standard InChI is InChI=1S/C10H6BrF3N2/c11-8-2-1-6(9(16)3-4-15)5-7(8)10(12,13)14/h1-3,5H,16H2/b9-3+. The molecule has 0 aromatic heterocycles. The Bertz CT molecular complexity index is 472. The molecule has 0 radical (unpaired) electrons. The summed E-state index contributed by atoms with van der Waals surface area (Å²) in [6, 6.07) is 5.21. The molecule has 84 valence electrons. The van der Waals surface area contributed by atoms with E-state index in [2.05, 4.69) is 15.9 Å². The number of alkyl halides is 3. The molecule has 0 fully saturated rings. The van der Waals surface area contributed by atoms with Gasteiger partial charge in [0.1, 0.15) is 0 Å². The van der Waals surface area contributed by atoms with Crippen LogP contribution in [0, 0.1) is 11.3 Å². The van der Waals surface area contributed by atoms with Crippen molar-refractivity contribution in [2.75, 3.05) is 0 Å². The number of allylic oxidation sites excluding steroid dienone is 1. The monoisotopic (exact) mass is 290 g/mol. The molecular weight excluding hydrogens is 285 g/mol. The van der Waals surface area contributed by atoms with Crippen molar-refractivity contribution in [3.63, 3.8) is 0 Å². The Labute approximate surface area is 98.3 Å². The van der Waals surface area contributed by atoms with E-state index in [-0.39, 0.29) is 15.7 Å². The van der Waals surface area contributed by atoms with Crippen molar-refractivity contribution in [2.24, 2.45) is 5.73 Å². The first-order valence-electron chi connectivity index (χ1n) is 4.08. The van der Waals surface area contributed by atoms with Gasteiger partial charge in [-0.2, -0.15) is 18.4 Å². The van der Waals surface area contributed by atoms with Crippen molar-refractivity contribution in [3.8, 4) is 6.07 Å². The zero-order chi connectivity index (χ0) is 12.3. The number of halogens is 4. The summed E-state index contributed by atoms with van der Waals surface area (Å²) in [7, 11) is 0. The molecule has 0 aliphatic carbocycles. The van der Waals surface area contributed by atoms with Crippen molar-refractivity contribution >= 4 is 21.6 Å². The first kappa shape index (κ1) is 12.6. The summed E-state index contributed by atoms with van der Waals surface area (Å²) in [5.41, 5.74) is 4.77. The highest BCUT2D eigenvalue weighted by Crippen LogP contribution is 2.35. The van der Waals surface area contributed by atoms with E-state index in [9.17, 15) is 13.2 Å². The molecule has 0 atom stereocenters. The quantitative estimate of drug-likeness (QED) is 0.807. The van der Waals surface area contributed by atoms with Crippen molar-refractivity contribution in [3.05, 3.63) is 39.9 Å². The van der Waals surface area contributed by atoms with Crippen LogP contribution >= 0.6 is 15.9 Å². The molecule has 16 heavy (non-hydrogen) atoms. The van der Waals surface area contributed by atoms with Gasteiger partial charge in [0, 0.05) is 16.2 Å². The maximum Gasteiger partial charge on any atom is 0.417 e. The minimum absolute atomic E-state index is 0.000463. The van der Waals surface area contributed by atoms with Gasteiger partial charge in [0.15, 0.2) is 0 Å². The molecule has 2 nitrogen and oxygen atoms in total. The molecule has 0 heterocycles. The molecule has 0 aliphatic rings. The predicted molar refractivity (Wildman–Crippen MR) is 56.9 cm³/mol. The summed E-state index contributed by atoms with van der Waals surface area (Å²) < 4.78 is 37.5. The van der Waals surface area contributed by atoms with E-state index in [1.165, 1.54) is 12.1 Å². The number of rotatable bonds is 1. The van der Waals surface area contributed by atoms with E-state index in [4.69, 9.17) is 11.0 Å². The van der Waals surface area contributed by atoms with Crippen LogP contribution in [0.1, 0.15) is 11.1 Å². The second kappa shape index (κ2) is 4.58. The number of nitrogens with zero attached hydrogens (tertiary/aromatic N) is 1. The SMILES string of the molecule is N#C/C=C(/N)c1ccc(Br)c(C(F)(F)F)c1. The van der Waals surface area contributed by atoms with E-state index in [0.717, 1.165) is 12.1 Å². The van der Waals surface area contributed by atoms with Gasteiger partial charge in [-0.05, 0) is 17.7 Å². The minimum Gasteiger partial charge on any atom is -0.398 e. The molecule has 1 aromatic carbocycles. The van der Waals surface area contributed by atoms with Crippen LogP contribution in [0.5, 0.6) is 0 Å². The van der Waals surface area contributed by atoms with Crippen molar-refractivity contribution in [1.82, 2.24) is 0 Å². The Hall–Kier alpha value is -1.48. The van der Waals surface area contributed by atoms with E-state index < -0.39 is 11.7 Å². The molecular formula is C10H6BrF3N2. The molecule has 2 N–H and O–H groups in total. The van der Waals surface area contributed by atoms with Crippen LogP contribution in [0.25, 0.3) is 5.70 Å². The topological polar surface area (TPSA) is 49.8 Å². The Balaban J connectivity index is 3.30.